The van der Waals surface area contributed by atoms with Crippen LogP contribution in [0.4, 0.5) is 5.82 Å². The van der Waals surface area contributed by atoms with E-state index in [0.717, 1.165) is 0 Å². The molecule has 0 atom stereocenters. The van der Waals surface area contributed by atoms with Gasteiger partial charge in [-0.05, 0) is 24.3 Å². The number of pyridine rings is 1. The second-order valence-corrected chi connectivity index (χ2v) is 5.23. The predicted octanol–water partition coefficient (Wildman–Crippen LogP) is -0.0677. The topological polar surface area (TPSA) is 111 Å². The average molecular weight is 265 g/mol. The molecule has 0 aliphatic carbocycles. The Balaban J connectivity index is 2.11. The molecule has 0 saturated heterocycles. The summed E-state index contributed by atoms with van der Waals surface area (Å²) in [5, 5.41) is 7.43. The van der Waals surface area contributed by atoms with Crippen LogP contribution in [0, 0.1) is 0 Å². The minimum absolute atomic E-state index is 0.0561. The van der Waals surface area contributed by atoms with E-state index in [2.05, 4.69) is 19.9 Å². The Morgan fingerprint density at radius 1 is 1.28 bits per heavy atom. The standard InChI is InChI=1S/C10H11N5O2S/c11-10-4-3-9(7-12-10)18(16,17)14-6-8-2-1-5-13-15-8/h1-5,7,14H,6H2,(H2,11,12). The molecule has 0 aliphatic heterocycles. The largest absolute Gasteiger partial charge is 0.384 e. The summed E-state index contributed by atoms with van der Waals surface area (Å²) in [6, 6.07) is 6.18. The van der Waals surface area contributed by atoms with E-state index < -0.39 is 10.0 Å². The molecule has 2 heterocycles. The van der Waals surface area contributed by atoms with Crippen LogP contribution >= 0.6 is 0 Å². The van der Waals surface area contributed by atoms with E-state index in [1.54, 1.807) is 12.1 Å². The smallest absolute Gasteiger partial charge is 0.242 e. The van der Waals surface area contributed by atoms with Crippen LogP contribution in [0.3, 0.4) is 0 Å². The van der Waals surface area contributed by atoms with E-state index in [1.807, 2.05) is 0 Å². The van der Waals surface area contributed by atoms with Gasteiger partial charge in [0, 0.05) is 12.4 Å². The molecule has 2 aromatic heterocycles. The fraction of sp³-hybridized carbons (Fsp3) is 0.100. The van der Waals surface area contributed by atoms with Crippen molar-refractivity contribution in [3.05, 3.63) is 42.4 Å². The highest BCUT2D eigenvalue weighted by atomic mass is 32.2. The highest BCUT2D eigenvalue weighted by Gasteiger charge is 2.14. The van der Waals surface area contributed by atoms with Crippen molar-refractivity contribution in [1.82, 2.24) is 19.9 Å². The lowest BCUT2D eigenvalue weighted by Gasteiger charge is -2.05. The third-order valence-electron chi connectivity index (χ3n) is 2.14. The van der Waals surface area contributed by atoms with Crippen molar-refractivity contribution < 1.29 is 8.42 Å². The van der Waals surface area contributed by atoms with Crippen molar-refractivity contribution >= 4 is 15.8 Å². The van der Waals surface area contributed by atoms with E-state index in [9.17, 15) is 8.42 Å². The number of anilines is 1. The molecule has 0 unspecified atom stereocenters. The molecular formula is C10H11N5O2S. The van der Waals surface area contributed by atoms with Crippen LogP contribution in [0.1, 0.15) is 5.69 Å². The second kappa shape index (κ2) is 5.07. The lowest BCUT2D eigenvalue weighted by Crippen LogP contribution is -2.24. The first-order valence-corrected chi connectivity index (χ1v) is 6.54. The molecule has 0 radical (unpaired) electrons. The number of hydrogen-bond acceptors (Lipinski definition) is 6. The zero-order valence-electron chi connectivity index (χ0n) is 9.31. The molecule has 0 spiro atoms. The molecule has 7 nitrogen and oxygen atoms in total. The molecule has 0 aromatic carbocycles. The fourth-order valence-electron chi connectivity index (χ4n) is 1.23. The van der Waals surface area contributed by atoms with Crippen molar-refractivity contribution in [3.8, 4) is 0 Å². The van der Waals surface area contributed by atoms with Gasteiger partial charge in [-0.15, -0.1) is 0 Å². The molecule has 2 aromatic rings. The Hall–Kier alpha value is -2.06. The molecule has 0 bridgehead atoms. The molecule has 3 N–H and O–H groups in total. The number of hydrogen-bond donors (Lipinski definition) is 2. The van der Waals surface area contributed by atoms with E-state index in [1.165, 1.54) is 24.5 Å². The SMILES string of the molecule is Nc1ccc(S(=O)(=O)NCc2cccnn2)cn1. The maximum atomic E-state index is 11.9. The van der Waals surface area contributed by atoms with Gasteiger partial charge in [0.2, 0.25) is 10.0 Å². The summed E-state index contributed by atoms with van der Waals surface area (Å²) in [6.45, 7) is 0.0700. The van der Waals surface area contributed by atoms with Gasteiger partial charge in [0.05, 0.1) is 12.2 Å². The van der Waals surface area contributed by atoms with Crippen LogP contribution in [0.25, 0.3) is 0 Å². The number of sulfonamides is 1. The van der Waals surface area contributed by atoms with Gasteiger partial charge in [-0.2, -0.15) is 10.2 Å². The van der Waals surface area contributed by atoms with Crippen LogP contribution in [0.15, 0.2) is 41.6 Å². The van der Waals surface area contributed by atoms with E-state index in [0.29, 0.717) is 5.69 Å². The summed E-state index contributed by atoms with van der Waals surface area (Å²) in [7, 11) is -3.61. The number of aromatic nitrogens is 3. The van der Waals surface area contributed by atoms with Crippen LogP contribution in [-0.4, -0.2) is 23.6 Å². The molecule has 0 saturated carbocycles. The Bertz CT molecular complexity index is 612. The fourth-order valence-corrected chi connectivity index (χ4v) is 2.17. The van der Waals surface area contributed by atoms with Crippen molar-refractivity contribution in [1.29, 1.82) is 0 Å². The maximum Gasteiger partial charge on any atom is 0.242 e. The highest BCUT2D eigenvalue weighted by molar-refractivity contribution is 7.89. The molecule has 0 amide bonds. The predicted molar refractivity (Wildman–Crippen MR) is 64.7 cm³/mol. The Morgan fingerprint density at radius 2 is 2.11 bits per heavy atom. The lowest BCUT2D eigenvalue weighted by atomic mass is 10.4. The molecule has 2 rings (SSSR count). The van der Waals surface area contributed by atoms with Gasteiger partial charge in [0.1, 0.15) is 10.7 Å². The van der Waals surface area contributed by atoms with Crippen molar-refractivity contribution in [2.45, 2.75) is 11.4 Å². The maximum absolute atomic E-state index is 11.9. The van der Waals surface area contributed by atoms with Gasteiger partial charge in [-0.3, -0.25) is 0 Å². The molecule has 0 fully saturated rings. The van der Waals surface area contributed by atoms with Gasteiger partial charge < -0.3 is 5.73 Å². The van der Waals surface area contributed by atoms with Crippen LogP contribution in [0.5, 0.6) is 0 Å². The summed E-state index contributed by atoms with van der Waals surface area (Å²) in [6.07, 6.45) is 2.72. The average Bonchev–Trinajstić information content (AvgIpc) is 2.38. The molecule has 18 heavy (non-hydrogen) atoms. The third kappa shape index (κ3) is 2.99. The Morgan fingerprint density at radius 3 is 2.72 bits per heavy atom. The Kier molecular flexibility index (Phi) is 3.49. The zero-order chi connectivity index (χ0) is 13.0. The van der Waals surface area contributed by atoms with Gasteiger partial charge in [0.25, 0.3) is 0 Å². The first-order valence-electron chi connectivity index (χ1n) is 5.06. The molecule has 0 aliphatic rings. The van der Waals surface area contributed by atoms with Gasteiger partial charge in [0.15, 0.2) is 0 Å². The zero-order valence-corrected chi connectivity index (χ0v) is 10.1. The molecule has 8 heteroatoms. The summed E-state index contributed by atoms with van der Waals surface area (Å²) in [4.78, 5) is 3.79. The minimum atomic E-state index is -3.61. The Labute approximate surface area is 104 Å². The summed E-state index contributed by atoms with van der Waals surface area (Å²) in [5.41, 5.74) is 5.92. The number of nitrogens with one attached hydrogen (secondary N) is 1. The van der Waals surface area contributed by atoms with Crippen molar-refractivity contribution in [3.63, 3.8) is 0 Å². The lowest BCUT2D eigenvalue weighted by molar-refractivity contribution is 0.579. The van der Waals surface area contributed by atoms with Gasteiger partial charge in [-0.25, -0.2) is 18.1 Å². The number of nitrogens with zero attached hydrogens (tertiary/aromatic N) is 3. The number of nitrogens with two attached hydrogens (primary N) is 1. The summed E-state index contributed by atoms with van der Waals surface area (Å²) in [5.74, 6) is 0.267. The molecule has 94 valence electrons. The summed E-state index contributed by atoms with van der Waals surface area (Å²) < 4.78 is 26.2. The van der Waals surface area contributed by atoms with Crippen molar-refractivity contribution in [2.75, 3.05) is 5.73 Å². The molecular weight excluding hydrogens is 254 g/mol. The first-order chi connectivity index (χ1) is 8.58. The second-order valence-electron chi connectivity index (χ2n) is 3.46. The summed E-state index contributed by atoms with van der Waals surface area (Å²) >= 11 is 0. The van der Waals surface area contributed by atoms with Crippen LogP contribution in [-0.2, 0) is 16.6 Å². The first kappa shape index (κ1) is 12.4. The van der Waals surface area contributed by atoms with Crippen LogP contribution < -0.4 is 10.5 Å². The van der Waals surface area contributed by atoms with E-state index >= 15 is 0 Å². The normalized spacial score (nSPS) is 11.3. The van der Waals surface area contributed by atoms with Crippen molar-refractivity contribution in [2.24, 2.45) is 0 Å². The minimum Gasteiger partial charge on any atom is -0.384 e. The van der Waals surface area contributed by atoms with Gasteiger partial charge in [-0.1, -0.05) is 0 Å². The third-order valence-corrected chi connectivity index (χ3v) is 3.53. The van der Waals surface area contributed by atoms with E-state index in [4.69, 9.17) is 5.73 Å². The van der Waals surface area contributed by atoms with Crippen LogP contribution in [0.2, 0.25) is 0 Å². The monoisotopic (exact) mass is 265 g/mol. The number of nitrogen functional groups attached to an aromatic ring is 1. The highest BCUT2D eigenvalue weighted by Crippen LogP contribution is 2.08. The van der Waals surface area contributed by atoms with Gasteiger partial charge >= 0.3 is 0 Å². The number of rotatable bonds is 4. The quantitative estimate of drug-likeness (QED) is 0.800. The van der Waals surface area contributed by atoms with E-state index in [-0.39, 0.29) is 17.3 Å².